The van der Waals surface area contributed by atoms with Gasteiger partial charge in [0.15, 0.2) is 0 Å². The lowest BCUT2D eigenvalue weighted by Gasteiger charge is -2.19. The Morgan fingerprint density at radius 1 is 1.40 bits per heavy atom. The molecule has 2 saturated carbocycles. The average Bonchev–Trinajstić information content (AvgIpc) is 2.68. The molecule has 3 heteroatoms. The third-order valence-corrected chi connectivity index (χ3v) is 3.92. The van der Waals surface area contributed by atoms with Gasteiger partial charge in [0.05, 0.1) is 6.07 Å². The molecule has 2 fully saturated rings. The van der Waals surface area contributed by atoms with Crippen molar-refractivity contribution < 1.29 is 4.79 Å². The SMILES string of the molecule is CC1(C)CC1NC(=O)C1(C#N)CCCC1. The highest BCUT2D eigenvalue weighted by Crippen LogP contribution is 2.46. The largest absolute Gasteiger partial charge is 0.351 e. The van der Waals surface area contributed by atoms with Crippen LogP contribution in [0.15, 0.2) is 0 Å². The molecule has 15 heavy (non-hydrogen) atoms. The molecular formula is C12H18N2O. The Hall–Kier alpha value is -1.04. The number of hydrogen-bond acceptors (Lipinski definition) is 2. The second-order valence-corrected chi connectivity index (χ2v) is 5.62. The van der Waals surface area contributed by atoms with Crippen LogP contribution in [0.2, 0.25) is 0 Å². The van der Waals surface area contributed by atoms with Gasteiger partial charge >= 0.3 is 0 Å². The Bertz CT molecular complexity index is 321. The van der Waals surface area contributed by atoms with E-state index in [0.717, 1.165) is 32.1 Å². The first-order chi connectivity index (χ1) is 7.00. The fraction of sp³-hybridized carbons (Fsp3) is 0.833. The summed E-state index contributed by atoms with van der Waals surface area (Å²) in [6.07, 6.45) is 4.54. The standard InChI is InChI=1S/C12H18N2O/c1-11(2)7-9(11)14-10(15)12(8-13)5-3-4-6-12/h9H,3-7H2,1-2H3,(H,14,15). The van der Waals surface area contributed by atoms with Gasteiger partial charge in [-0.05, 0) is 24.7 Å². The predicted molar refractivity (Wildman–Crippen MR) is 56.8 cm³/mol. The maximum Gasteiger partial charge on any atom is 0.240 e. The van der Waals surface area contributed by atoms with Crippen molar-refractivity contribution in [1.82, 2.24) is 5.32 Å². The van der Waals surface area contributed by atoms with Gasteiger partial charge in [-0.25, -0.2) is 0 Å². The van der Waals surface area contributed by atoms with Crippen LogP contribution < -0.4 is 5.32 Å². The fourth-order valence-corrected chi connectivity index (χ4v) is 2.38. The number of carbonyl (C=O) groups excluding carboxylic acids is 1. The molecule has 2 aliphatic rings. The lowest BCUT2D eigenvalue weighted by atomic mass is 9.87. The summed E-state index contributed by atoms with van der Waals surface area (Å²) >= 11 is 0. The second-order valence-electron chi connectivity index (χ2n) is 5.62. The van der Waals surface area contributed by atoms with Crippen molar-refractivity contribution >= 4 is 5.91 Å². The van der Waals surface area contributed by atoms with E-state index in [1.54, 1.807) is 0 Å². The predicted octanol–water partition coefficient (Wildman–Crippen LogP) is 1.99. The zero-order valence-corrected chi connectivity index (χ0v) is 9.47. The number of carbonyl (C=O) groups is 1. The molecule has 0 aliphatic heterocycles. The summed E-state index contributed by atoms with van der Waals surface area (Å²) in [6.45, 7) is 4.29. The number of nitrogens with one attached hydrogen (secondary N) is 1. The monoisotopic (exact) mass is 206 g/mol. The van der Waals surface area contributed by atoms with E-state index < -0.39 is 5.41 Å². The minimum absolute atomic E-state index is 0.0296. The van der Waals surface area contributed by atoms with Crippen molar-refractivity contribution in [3.8, 4) is 6.07 Å². The summed E-state index contributed by atoms with van der Waals surface area (Å²) in [7, 11) is 0. The normalized spacial score (nSPS) is 30.6. The van der Waals surface area contributed by atoms with Crippen LogP contribution in [-0.4, -0.2) is 11.9 Å². The topological polar surface area (TPSA) is 52.9 Å². The molecule has 0 aromatic heterocycles. The molecule has 0 spiro atoms. The lowest BCUT2D eigenvalue weighted by Crippen LogP contribution is -2.40. The van der Waals surface area contributed by atoms with E-state index in [9.17, 15) is 4.79 Å². The number of amides is 1. The summed E-state index contributed by atoms with van der Waals surface area (Å²) in [5, 5.41) is 12.2. The number of nitriles is 1. The van der Waals surface area contributed by atoms with Gasteiger partial charge in [-0.2, -0.15) is 5.26 Å². The van der Waals surface area contributed by atoms with Crippen LogP contribution in [0.1, 0.15) is 46.0 Å². The fourth-order valence-electron chi connectivity index (χ4n) is 2.38. The molecule has 1 unspecified atom stereocenters. The van der Waals surface area contributed by atoms with Gasteiger partial charge in [-0.1, -0.05) is 26.7 Å². The molecule has 2 rings (SSSR count). The zero-order chi connectivity index (χ0) is 11.1. The molecule has 2 aliphatic carbocycles. The van der Waals surface area contributed by atoms with Crippen molar-refractivity contribution in [3.63, 3.8) is 0 Å². The average molecular weight is 206 g/mol. The molecule has 0 radical (unpaired) electrons. The smallest absolute Gasteiger partial charge is 0.240 e. The van der Waals surface area contributed by atoms with E-state index in [1.807, 2.05) is 0 Å². The summed E-state index contributed by atoms with van der Waals surface area (Å²) in [4.78, 5) is 12.0. The molecule has 0 bridgehead atoms. The van der Waals surface area contributed by atoms with Gasteiger partial charge in [0.25, 0.3) is 0 Å². The third kappa shape index (κ3) is 1.73. The van der Waals surface area contributed by atoms with E-state index in [2.05, 4.69) is 25.2 Å². The Balaban J connectivity index is 1.99. The van der Waals surface area contributed by atoms with Crippen molar-refractivity contribution in [1.29, 1.82) is 5.26 Å². The van der Waals surface area contributed by atoms with Gasteiger partial charge < -0.3 is 5.32 Å². The van der Waals surface area contributed by atoms with Gasteiger partial charge in [-0.15, -0.1) is 0 Å². The van der Waals surface area contributed by atoms with Crippen molar-refractivity contribution in [2.45, 2.75) is 52.0 Å². The number of hydrogen-bond donors (Lipinski definition) is 1. The molecular weight excluding hydrogens is 188 g/mol. The van der Waals surface area contributed by atoms with Crippen LogP contribution in [0.4, 0.5) is 0 Å². The minimum atomic E-state index is -0.710. The van der Waals surface area contributed by atoms with E-state index in [4.69, 9.17) is 5.26 Å². The molecule has 1 N–H and O–H groups in total. The Morgan fingerprint density at radius 2 is 1.93 bits per heavy atom. The van der Waals surface area contributed by atoms with E-state index in [-0.39, 0.29) is 17.4 Å². The maximum absolute atomic E-state index is 12.0. The first kappa shape index (κ1) is 10.5. The third-order valence-electron chi connectivity index (χ3n) is 3.92. The Labute approximate surface area is 90.8 Å². The highest BCUT2D eigenvalue weighted by atomic mass is 16.2. The summed E-state index contributed by atoms with van der Waals surface area (Å²) in [6, 6.07) is 2.51. The molecule has 82 valence electrons. The summed E-state index contributed by atoms with van der Waals surface area (Å²) in [5.41, 5.74) is -0.469. The molecule has 1 atom stereocenters. The van der Waals surface area contributed by atoms with Crippen molar-refractivity contribution in [2.75, 3.05) is 0 Å². The Morgan fingerprint density at radius 3 is 2.33 bits per heavy atom. The van der Waals surface area contributed by atoms with Gasteiger partial charge in [-0.3, -0.25) is 4.79 Å². The highest BCUT2D eigenvalue weighted by molar-refractivity contribution is 5.86. The number of rotatable bonds is 2. The van der Waals surface area contributed by atoms with Gasteiger partial charge in [0.2, 0.25) is 5.91 Å². The van der Waals surface area contributed by atoms with E-state index in [1.165, 1.54) is 0 Å². The molecule has 0 saturated heterocycles. The molecule has 3 nitrogen and oxygen atoms in total. The minimum Gasteiger partial charge on any atom is -0.351 e. The van der Waals surface area contributed by atoms with Gasteiger partial charge in [0, 0.05) is 6.04 Å². The van der Waals surface area contributed by atoms with Crippen LogP contribution in [0.25, 0.3) is 0 Å². The van der Waals surface area contributed by atoms with E-state index in [0.29, 0.717) is 0 Å². The first-order valence-electron chi connectivity index (χ1n) is 5.72. The van der Waals surface area contributed by atoms with Crippen LogP contribution >= 0.6 is 0 Å². The Kier molecular flexibility index (Phi) is 2.26. The summed E-state index contributed by atoms with van der Waals surface area (Å²) in [5.74, 6) is -0.0296. The zero-order valence-electron chi connectivity index (χ0n) is 9.47. The molecule has 0 aromatic carbocycles. The van der Waals surface area contributed by atoms with Gasteiger partial charge in [0.1, 0.15) is 5.41 Å². The van der Waals surface area contributed by atoms with E-state index >= 15 is 0 Å². The quantitative estimate of drug-likeness (QED) is 0.751. The van der Waals surface area contributed by atoms with Crippen LogP contribution in [0, 0.1) is 22.2 Å². The maximum atomic E-state index is 12.0. The number of nitrogens with zero attached hydrogens (tertiary/aromatic N) is 1. The second kappa shape index (κ2) is 3.23. The summed E-state index contributed by atoms with van der Waals surface area (Å²) < 4.78 is 0. The lowest BCUT2D eigenvalue weighted by molar-refractivity contribution is -0.128. The first-order valence-corrected chi connectivity index (χ1v) is 5.72. The molecule has 0 aromatic rings. The van der Waals surface area contributed by atoms with Crippen LogP contribution in [0.5, 0.6) is 0 Å². The van der Waals surface area contributed by atoms with Crippen molar-refractivity contribution in [2.24, 2.45) is 10.8 Å². The van der Waals surface area contributed by atoms with Crippen LogP contribution in [-0.2, 0) is 4.79 Å². The molecule has 1 amide bonds. The molecule has 0 heterocycles. The highest BCUT2D eigenvalue weighted by Gasteiger charge is 2.50. The van der Waals surface area contributed by atoms with Crippen molar-refractivity contribution in [3.05, 3.63) is 0 Å². The van der Waals surface area contributed by atoms with Crippen LogP contribution in [0.3, 0.4) is 0 Å².